The summed E-state index contributed by atoms with van der Waals surface area (Å²) in [5.41, 5.74) is 2.15. The Hall–Kier alpha value is -2.86. The van der Waals surface area contributed by atoms with Crippen LogP contribution in [0.15, 0.2) is 42.5 Å². The van der Waals surface area contributed by atoms with E-state index in [-0.39, 0.29) is 29.5 Å². The smallest absolute Gasteiger partial charge is 0.271 e. The van der Waals surface area contributed by atoms with Gasteiger partial charge in [-0.05, 0) is 42.7 Å². The molecular weight excluding hydrogens is 393 g/mol. The highest BCUT2D eigenvalue weighted by atomic mass is 35.5. The first kappa shape index (κ1) is 19.5. The molecule has 0 aliphatic carbocycles. The van der Waals surface area contributed by atoms with Crippen LogP contribution in [0.2, 0.25) is 5.02 Å². The average molecular weight is 414 g/mol. The molecule has 0 spiro atoms. The summed E-state index contributed by atoms with van der Waals surface area (Å²) in [6.07, 6.45) is 0. The van der Waals surface area contributed by atoms with Gasteiger partial charge in [0, 0.05) is 29.7 Å². The van der Waals surface area contributed by atoms with Gasteiger partial charge in [-0.25, -0.2) is 4.39 Å². The van der Waals surface area contributed by atoms with Crippen molar-refractivity contribution in [1.82, 2.24) is 9.88 Å². The molecule has 2 amide bonds. The van der Waals surface area contributed by atoms with Crippen LogP contribution in [0.3, 0.4) is 0 Å². The maximum atomic E-state index is 13.4. The van der Waals surface area contributed by atoms with Gasteiger partial charge in [0.25, 0.3) is 5.91 Å². The quantitative estimate of drug-likeness (QED) is 0.658. The van der Waals surface area contributed by atoms with E-state index in [4.69, 9.17) is 11.6 Å². The molecule has 1 aliphatic rings. The second-order valence-electron chi connectivity index (χ2n) is 7.61. The Labute approximate surface area is 172 Å². The third-order valence-corrected chi connectivity index (χ3v) is 5.91. The number of hydrogen-bond donors (Lipinski definition) is 2. The predicted molar refractivity (Wildman–Crippen MR) is 112 cm³/mol. The fourth-order valence-electron chi connectivity index (χ4n) is 3.84. The van der Waals surface area contributed by atoms with Crippen molar-refractivity contribution in [2.24, 2.45) is 11.8 Å². The molecule has 5 nitrogen and oxygen atoms in total. The topological polar surface area (TPSA) is 65.2 Å². The maximum Gasteiger partial charge on any atom is 0.271 e. The summed E-state index contributed by atoms with van der Waals surface area (Å²) in [7, 11) is 0. The van der Waals surface area contributed by atoms with E-state index in [1.165, 1.54) is 12.1 Å². The summed E-state index contributed by atoms with van der Waals surface area (Å²) in [6.45, 7) is 4.36. The molecule has 2 heterocycles. The van der Waals surface area contributed by atoms with Crippen LogP contribution >= 0.6 is 11.6 Å². The fourth-order valence-corrected chi connectivity index (χ4v) is 4.14. The molecule has 2 aromatic carbocycles. The van der Waals surface area contributed by atoms with Crippen molar-refractivity contribution in [1.29, 1.82) is 0 Å². The molecule has 1 aromatic heterocycles. The summed E-state index contributed by atoms with van der Waals surface area (Å²) in [6, 6.07) is 11.9. The Bertz CT molecular complexity index is 1110. The van der Waals surface area contributed by atoms with E-state index < -0.39 is 0 Å². The molecule has 29 heavy (non-hydrogen) atoms. The fraction of sp³-hybridized carbons (Fsp3) is 0.273. The molecule has 1 aliphatic heterocycles. The van der Waals surface area contributed by atoms with E-state index in [0.29, 0.717) is 35.1 Å². The number of carbonyl (C=O) groups excluding carboxylic acids is 2. The van der Waals surface area contributed by atoms with Crippen molar-refractivity contribution >= 4 is 40.0 Å². The summed E-state index contributed by atoms with van der Waals surface area (Å²) in [5, 5.41) is 4.03. The number of nitrogens with one attached hydrogen (secondary N) is 2. The molecule has 1 fully saturated rings. The van der Waals surface area contributed by atoms with E-state index in [1.54, 1.807) is 17.9 Å². The number of rotatable bonds is 3. The molecule has 7 heteroatoms. The van der Waals surface area contributed by atoms with Gasteiger partial charge in [0.2, 0.25) is 5.91 Å². The predicted octanol–water partition coefficient (Wildman–Crippen LogP) is 4.62. The summed E-state index contributed by atoms with van der Waals surface area (Å²) in [5.74, 6) is -1.08. The number of aryl methyl sites for hydroxylation is 1. The van der Waals surface area contributed by atoms with E-state index in [0.717, 1.165) is 10.9 Å². The van der Waals surface area contributed by atoms with Gasteiger partial charge in [-0.3, -0.25) is 9.59 Å². The van der Waals surface area contributed by atoms with Crippen molar-refractivity contribution in [3.05, 3.63) is 64.6 Å². The van der Waals surface area contributed by atoms with Gasteiger partial charge >= 0.3 is 0 Å². The number of H-pyrrole nitrogens is 1. The summed E-state index contributed by atoms with van der Waals surface area (Å²) < 4.78 is 13.4. The lowest BCUT2D eigenvalue weighted by Crippen LogP contribution is -2.32. The first-order valence-electron chi connectivity index (χ1n) is 9.47. The van der Waals surface area contributed by atoms with Gasteiger partial charge in [-0.15, -0.1) is 0 Å². The molecule has 0 unspecified atom stereocenters. The molecule has 0 radical (unpaired) electrons. The lowest BCUT2D eigenvalue weighted by Gasteiger charge is -2.16. The minimum atomic E-state index is -0.354. The van der Waals surface area contributed by atoms with Crippen molar-refractivity contribution in [2.75, 3.05) is 18.4 Å². The highest BCUT2D eigenvalue weighted by Crippen LogP contribution is 2.31. The lowest BCUT2D eigenvalue weighted by molar-refractivity contribution is -0.120. The maximum absolute atomic E-state index is 13.4. The van der Waals surface area contributed by atoms with Crippen LogP contribution in [0, 0.1) is 24.6 Å². The minimum Gasteiger partial charge on any atom is -0.349 e. The van der Waals surface area contributed by atoms with Crippen LogP contribution < -0.4 is 5.32 Å². The molecule has 1 saturated heterocycles. The number of para-hydroxylation sites is 1. The summed E-state index contributed by atoms with van der Waals surface area (Å²) >= 11 is 6.41. The van der Waals surface area contributed by atoms with E-state index >= 15 is 0 Å². The molecule has 3 aromatic rings. The molecule has 2 atom stereocenters. The Kier molecular flexibility index (Phi) is 5.04. The SMILES string of the molecule is Cc1cc(NC(=O)[C@@H]2CN(C(=O)c3[nH]c4ccccc4c3Cl)C[C@@H]2C)ccc1F. The number of fused-ring (bicyclic) bond motifs is 1. The first-order valence-corrected chi connectivity index (χ1v) is 9.85. The van der Waals surface area contributed by atoms with Gasteiger partial charge in [-0.1, -0.05) is 36.7 Å². The zero-order valence-electron chi connectivity index (χ0n) is 16.1. The van der Waals surface area contributed by atoms with Crippen LogP contribution in [-0.2, 0) is 4.79 Å². The van der Waals surface area contributed by atoms with Crippen LogP contribution in [0.5, 0.6) is 0 Å². The Balaban J connectivity index is 1.50. The molecule has 4 rings (SSSR count). The van der Waals surface area contributed by atoms with Crippen LogP contribution in [0.1, 0.15) is 23.0 Å². The molecule has 0 saturated carbocycles. The number of aromatic nitrogens is 1. The Morgan fingerprint density at radius 2 is 1.97 bits per heavy atom. The first-order chi connectivity index (χ1) is 13.8. The molecular formula is C22H21ClFN3O2. The minimum absolute atomic E-state index is 0.0105. The van der Waals surface area contributed by atoms with Crippen molar-refractivity contribution < 1.29 is 14.0 Å². The number of aromatic amines is 1. The Morgan fingerprint density at radius 1 is 1.21 bits per heavy atom. The number of halogens is 2. The number of carbonyl (C=O) groups is 2. The number of amides is 2. The van der Waals surface area contributed by atoms with Crippen LogP contribution in [0.4, 0.5) is 10.1 Å². The van der Waals surface area contributed by atoms with Crippen LogP contribution in [0.25, 0.3) is 10.9 Å². The van der Waals surface area contributed by atoms with E-state index in [9.17, 15) is 14.0 Å². The highest BCUT2D eigenvalue weighted by molar-refractivity contribution is 6.38. The summed E-state index contributed by atoms with van der Waals surface area (Å²) in [4.78, 5) is 30.5. The number of likely N-dealkylation sites (tertiary alicyclic amines) is 1. The second kappa shape index (κ2) is 7.52. The van der Waals surface area contributed by atoms with Gasteiger partial charge in [0.05, 0.1) is 10.9 Å². The number of hydrogen-bond acceptors (Lipinski definition) is 2. The molecule has 2 N–H and O–H groups in total. The lowest BCUT2D eigenvalue weighted by atomic mass is 9.97. The van der Waals surface area contributed by atoms with E-state index in [2.05, 4.69) is 10.3 Å². The molecule has 0 bridgehead atoms. The van der Waals surface area contributed by atoms with Gasteiger partial charge in [0.15, 0.2) is 0 Å². The third-order valence-electron chi connectivity index (χ3n) is 5.52. The molecule has 150 valence electrons. The number of benzene rings is 2. The van der Waals surface area contributed by atoms with Crippen molar-refractivity contribution in [3.8, 4) is 0 Å². The van der Waals surface area contributed by atoms with Gasteiger partial charge < -0.3 is 15.2 Å². The largest absolute Gasteiger partial charge is 0.349 e. The number of nitrogens with zero attached hydrogens (tertiary/aromatic N) is 1. The average Bonchev–Trinajstić information content (AvgIpc) is 3.25. The monoisotopic (exact) mass is 413 g/mol. The van der Waals surface area contributed by atoms with Gasteiger partial charge in [0.1, 0.15) is 11.5 Å². The van der Waals surface area contributed by atoms with Crippen molar-refractivity contribution in [2.45, 2.75) is 13.8 Å². The third kappa shape index (κ3) is 3.60. The highest BCUT2D eigenvalue weighted by Gasteiger charge is 2.38. The second-order valence-corrected chi connectivity index (χ2v) is 7.98. The van der Waals surface area contributed by atoms with Crippen molar-refractivity contribution in [3.63, 3.8) is 0 Å². The van der Waals surface area contributed by atoms with Gasteiger partial charge in [-0.2, -0.15) is 0 Å². The van der Waals surface area contributed by atoms with Crippen LogP contribution in [-0.4, -0.2) is 34.8 Å². The zero-order chi connectivity index (χ0) is 20.7. The normalized spacial score (nSPS) is 19.0. The standard InChI is InChI=1S/C22H21ClFN3O2/c1-12-9-14(7-8-17(12)24)25-21(28)16-11-27(10-13(16)2)22(29)20-19(23)15-5-3-4-6-18(15)26-20/h3-9,13,16,26H,10-11H2,1-2H3,(H,25,28)/t13-,16+/m0/s1. The number of anilines is 1. The Morgan fingerprint density at radius 3 is 2.69 bits per heavy atom. The zero-order valence-corrected chi connectivity index (χ0v) is 16.9. The van der Waals surface area contributed by atoms with E-state index in [1.807, 2.05) is 31.2 Å².